The van der Waals surface area contributed by atoms with Crippen molar-refractivity contribution in [2.45, 2.75) is 51.6 Å². The van der Waals surface area contributed by atoms with E-state index in [2.05, 4.69) is 63.8 Å². The summed E-state index contributed by atoms with van der Waals surface area (Å²) >= 11 is 6.58. The van der Waals surface area contributed by atoms with Gasteiger partial charge in [-0.3, -0.25) is 19.2 Å². The maximum absolute atomic E-state index is 12.2. The topological polar surface area (TPSA) is 215 Å². The van der Waals surface area contributed by atoms with Crippen LogP contribution in [-0.4, -0.2) is 70.2 Å². The lowest BCUT2D eigenvalue weighted by atomic mass is 9.91. The highest BCUT2D eigenvalue weighted by atomic mass is 79.9. The highest BCUT2D eigenvalue weighted by Gasteiger charge is 2.36. The number of carbonyl (C=O) groups excluding carboxylic acids is 4. The fourth-order valence-corrected chi connectivity index (χ4v) is 3.98. The first-order chi connectivity index (χ1) is 20.5. The Kier molecular flexibility index (Phi) is 15.3. The maximum Gasteiger partial charge on any atom is 0.322 e. The standard InChI is InChI=1S/C15H20BrN3O4.C13H16BrN3O4/c1-3-15(4-2,13(22)17-9-12(20)21)19-14(23)18-11-7-5-10(16)6-8-11;1-13(2,11(20)15-7-10(18)19)17-12(21)16-9-5-3-8(14)4-6-9/h5-8H,3-4,9H2,1-2H3,(H,17,22)(H,20,21)(H2,18,19,23);3-6H,7H2,1-2H3,(H,15,20)(H,18,19)(H2,16,17,21). The monoisotopic (exact) mass is 742 g/mol. The van der Waals surface area contributed by atoms with Crippen LogP contribution in [0.4, 0.5) is 21.0 Å². The van der Waals surface area contributed by atoms with Crippen molar-refractivity contribution < 1.29 is 39.0 Å². The van der Waals surface area contributed by atoms with Crippen LogP contribution in [0.5, 0.6) is 0 Å². The molecule has 0 unspecified atom stereocenters. The van der Waals surface area contributed by atoms with E-state index in [0.29, 0.717) is 24.2 Å². The molecule has 240 valence electrons. The van der Waals surface area contributed by atoms with E-state index >= 15 is 0 Å². The lowest BCUT2D eigenvalue weighted by Crippen LogP contribution is -2.59. The van der Waals surface area contributed by atoms with Crippen LogP contribution in [0.1, 0.15) is 40.5 Å². The van der Waals surface area contributed by atoms with Gasteiger partial charge in [0.2, 0.25) is 11.8 Å². The number of nitrogens with one attached hydrogen (secondary N) is 6. The lowest BCUT2D eigenvalue weighted by Gasteiger charge is -2.31. The Hall–Kier alpha value is -4.18. The summed E-state index contributed by atoms with van der Waals surface area (Å²) in [6.45, 7) is 5.47. The molecule has 44 heavy (non-hydrogen) atoms. The third-order valence-corrected chi connectivity index (χ3v) is 7.05. The SMILES string of the molecule is CC(C)(NC(=O)Nc1ccc(Br)cc1)C(=O)NCC(=O)O.CCC(CC)(NC(=O)Nc1ccc(Br)cc1)C(=O)NCC(=O)O. The number of aliphatic carboxylic acids is 2. The summed E-state index contributed by atoms with van der Waals surface area (Å²) < 4.78 is 1.76. The number of rotatable bonds is 12. The van der Waals surface area contributed by atoms with Gasteiger partial charge >= 0.3 is 24.0 Å². The molecule has 2 aromatic carbocycles. The molecule has 0 aliphatic carbocycles. The Morgan fingerprint density at radius 1 is 0.636 bits per heavy atom. The summed E-state index contributed by atoms with van der Waals surface area (Å²) in [5, 5.41) is 32.0. The Morgan fingerprint density at radius 2 is 1.00 bits per heavy atom. The van der Waals surface area contributed by atoms with Crippen LogP contribution in [0.25, 0.3) is 0 Å². The van der Waals surface area contributed by atoms with Crippen molar-refractivity contribution >= 4 is 79.0 Å². The van der Waals surface area contributed by atoms with Crippen molar-refractivity contribution in [2.24, 2.45) is 0 Å². The highest BCUT2D eigenvalue weighted by molar-refractivity contribution is 9.10. The smallest absolute Gasteiger partial charge is 0.322 e. The average Bonchev–Trinajstić information content (AvgIpc) is 2.95. The van der Waals surface area contributed by atoms with Gasteiger partial charge in [-0.05, 0) is 75.2 Å². The molecule has 0 fully saturated rings. The summed E-state index contributed by atoms with van der Waals surface area (Å²) in [5.74, 6) is -3.40. The van der Waals surface area contributed by atoms with E-state index < -0.39 is 60.0 Å². The maximum atomic E-state index is 12.2. The number of amides is 6. The molecular formula is C28H36Br2N6O8. The van der Waals surface area contributed by atoms with E-state index in [0.717, 1.165) is 8.95 Å². The molecule has 16 heteroatoms. The van der Waals surface area contributed by atoms with E-state index in [1.807, 2.05) is 0 Å². The largest absolute Gasteiger partial charge is 0.480 e. The van der Waals surface area contributed by atoms with Gasteiger partial charge in [0.25, 0.3) is 0 Å². The van der Waals surface area contributed by atoms with Gasteiger partial charge in [0, 0.05) is 20.3 Å². The van der Waals surface area contributed by atoms with Crippen LogP contribution in [-0.2, 0) is 19.2 Å². The van der Waals surface area contributed by atoms with Crippen molar-refractivity contribution in [3.05, 3.63) is 57.5 Å². The average molecular weight is 744 g/mol. The predicted octanol–water partition coefficient (Wildman–Crippen LogP) is 3.88. The number of hydrogen-bond donors (Lipinski definition) is 8. The minimum absolute atomic E-state index is 0.336. The first-order valence-electron chi connectivity index (χ1n) is 13.2. The van der Waals surface area contributed by atoms with E-state index in [9.17, 15) is 28.8 Å². The highest BCUT2D eigenvalue weighted by Crippen LogP contribution is 2.18. The first kappa shape index (κ1) is 37.8. The van der Waals surface area contributed by atoms with Crippen LogP contribution in [0.2, 0.25) is 0 Å². The second kappa shape index (κ2) is 17.8. The number of urea groups is 2. The molecule has 0 bridgehead atoms. The number of halogens is 2. The zero-order valence-corrected chi connectivity index (χ0v) is 27.7. The van der Waals surface area contributed by atoms with Gasteiger partial charge in [-0.2, -0.15) is 0 Å². The van der Waals surface area contributed by atoms with Crippen LogP contribution < -0.4 is 31.9 Å². The molecule has 0 aromatic heterocycles. The van der Waals surface area contributed by atoms with Gasteiger partial charge in [0.05, 0.1) is 0 Å². The van der Waals surface area contributed by atoms with Gasteiger partial charge < -0.3 is 42.1 Å². The molecule has 6 amide bonds. The Morgan fingerprint density at radius 3 is 1.36 bits per heavy atom. The molecule has 0 heterocycles. The second-order valence-corrected chi connectivity index (χ2v) is 11.6. The number of hydrogen-bond acceptors (Lipinski definition) is 6. The van der Waals surface area contributed by atoms with E-state index in [4.69, 9.17) is 10.2 Å². The second-order valence-electron chi connectivity index (χ2n) is 9.74. The minimum Gasteiger partial charge on any atom is -0.480 e. The summed E-state index contributed by atoms with van der Waals surface area (Å²) in [4.78, 5) is 69.0. The van der Waals surface area contributed by atoms with E-state index in [1.165, 1.54) is 13.8 Å². The van der Waals surface area contributed by atoms with Gasteiger partial charge in [-0.1, -0.05) is 45.7 Å². The molecule has 0 spiro atoms. The van der Waals surface area contributed by atoms with Crippen LogP contribution in [0, 0.1) is 0 Å². The zero-order chi connectivity index (χ0) is 33.5. The zero-order valence-electron chi connectivity index (χ0n) is 24.5. The van der Waals surface area contributed by atoms with E-state index in [1.54, 1.807) is 62.4 Å². The van der Waals surface area contributed by atoms with Crippen molar-refractivity contribution in [1.29, 1.82) is 0 Å². The van der Waals surface area contributed by atoms with Gasteiger partial charge in [-0.25, -0.2) is 9.59 Å². The third kappa shape index (κ3) is 13.4. The quantitative estimate of drug-likeness (QED) is 0.159. The van der Waals surface area contributed by atoms with Crippen LogP contribution >= 0.6 is 31.9 Å². The Labute approximate surface area is 271 Å². The molecule has 0 saturated carbocycles. The number of carbonyl (C=O) groups is 6. The molecule has 2 aromatic rings. The number of carboxylic acids is 2. The summed E-state index contributed by atoms with van der Waals surface area (Å²) in [5.41, 5.74) is -1.25. The fraction of sp³-hybridized carbons (Fsp3) is 0.357. The van der Waals surface area contributed by atoms with E-state index in [-0.39, 0.29) is 0 Å². The molecule has 0 radical (unpaired) electrons. The molecule has 14 nitrogen and oxygen atoms in total. The fourth-order valence-electron chi connectivity index (χ4n) is 3.46. The van der Waals surface area contributed by atoms with Crippen molar-refractivity contribution in [2.75, 3.05) is 23.7 Å². The number of anilines is 2. The van der Waals surface area contributed by atoms with Crippen molar-refractivity contribution in [1.82, 2.24) is 21.3 Å². The molecule has 0 aliphatic heterocycles. The predicted molar refractivity (Wildman–Crippen MR) is 171 cm³/mol. The minimum atomic E-state index is -1.24. The van der Waals surface area contributed by atoms with Gasteiger partial charge in [0.15, 0.2) is 0 Å². The summed E-state index contributed by atoms with van der Waals surface area (Å²) in [7, 11) is 0. The number of carboxylic acid groups (broad SMARTS) is 2. The summed E-state index contributed by atoms with van der Waals surface area (Å²) in [6.07, 6.45) is 0.672. The van der Waals surface area contributed by atoms with Gasteiger partial charge in [-0.15, -0.1) is 0 Å². The molecule has 0 saturated heterocycles. The van der Waals surface area contributed by atoms with Crippen molar-refractivity contribution in [3.63, 3.8) is 0 Å². The summed E-state index contributed by atoms with van der Waals surface area (Å²) in [6, 6.07) is 12.8. The molecule has 0 atom stereocenters. The van der Waals surface area contributed by atoms with Crippen LogP contribution in [0.3, 0.4) is 0 Å². The Bertz CT molecular complexity index is 1320. The Balaban J connectivity index is 0.000000442. The van der Waals surface area contributed by atoms with Crippen molar-refractivity contribution in [3.8, 4) is 0 Å². The lowest BCUT2D eigenvalue weighted by molar-refractivity contribution is -0.139. The third-order valence-electron chi connectivity index (χ3n) is 5.99. The first-order valence-corrected chi connectivity index (χ1v) is 14.8. The normalized spacial score (nSPS) is 10.7. The molecular weight excluding hydrogens is 708 g/mol. The van der Waals surface area contributed by atoms with Gasteiger partial charge in [0.1, 0.15) is 24.2 Å². The number of benzene rings is 2. The van der Waals surface area contributed by atoms with Crippen LogP contribution in [0.15, 0.2) is 57.5 Å². The molecule has 0 aliphatic rings. The molecule has 8 N–H and O–H groups in total. The molecule has 2 rings (SSSR count).